The number of piperidine rings is 1. The summed E-state index contributed by atoms with van der Waals surface area (Å²) in [7, 11) is 1.42. The first-order valence-electron chi connectivity index (χ1n) is 15.7. The number of alkyl halides is 3. The fraction of sp³-hybridized carbons (Fsp3) is 0.265. The van der Waals surface area contributed by atoms with Gasteiger partial charge in [-0.2, -0.15) is 13.2 Å². The van der Waals surface area contributed by atoms with Crippen LogP contribution in [0.3, 0.4) is 0 Å². The highest BCUT2D eigenvalue weighted by Gasteiger charge is 2.40. The minimum absolute atomic E-state index is 0.0320. The molecule has 3 amide bonds. The molecule has 3 N–H and O–H groups in total. The summed E-state index contributed by atoms with van der Waals surface area (Å²) >= 11 is 0. The van der Waals surface area contributed by atoms with Gasteiger partial charge >= 0.3 is 6.18 Å². The molecule has 4 aromatic heterocycles. The number of benzene rings is 1. The number of nitrogens with two attached hydrogens (primary N) is 1. The van der Waals surface area contributed by atoms with E-state index < -0.39 is 17.6 Å². The highest BCUT2D eigenvalue weighted by Crippen LogP contribution is 2.39. The van der Waals surface area contributed by atoms with Gasteiger partial charge in [-0.25, -0.2) is 15.0 Å². The third-order valence-electron chi connectivity index (χ3n) is 9.02. The number of piperazine rings is 1. The van der Waals surface area contributed by atoms with Crippen molar-refractivity contribution in [1.29, 1.82) is 0 Å². The van der Waals surface area contributed by atoms with Crippen LogP contribution in [0, 0.1) is 0 Å². The van der Waals surface area contributed by atoms with Crippen LogP contribution in [0.2, 0.25) is 0 Å². The molecule has 0 saturated carbocycles. The number of carbonyl (C=O) groups is 3. The van der Waals surface area contributed by atoms with Crippen LogP contribution in [-0.4, -0.2) is 84.6 Å². The Bertz CT molecular complexity index is 2120. The van der Waals surface area contributed by atoms with E-state index >= 15 is 0 Å². The van der Waals surface area contributed by atoms with Gasteiger partial charge in [-0.15, -0.1) is 0 Å². The lowest BCUT2D eigenvalue weighted by Crippen LogP contribution is -2.60. The summed E-state index contributed by atoms with van der Waals surface area (Å²) in [5, 5.41) is 2.40. The largest absolute Gasteiger partial charge is 0.496 e. The van der Waals surface area contributed by atoms with Crippen molar-refractivity contribution in [3.8, 4) is 17.0 Å². The number of pyridine rings is 2. The van der Waals surface area contributed by atoms with Crippen LogP contribution in [0.5, 0.6) is 5.75 Å². The molecule has 2 aliphatic heterocycles. The molecule has 2 atom stereocenters. The number of amides is 3. The highest BCUT2D eigenvalue weighted by molar-refractivity contribution is 6.05. The molecule has 7 rings (SSSR count). The number of ether oxygens (including phenoxy) is 1. The van der Waals surface area contributed by atoms with Gasteiger partial charge in [-0.3, -0.25) is 23.8 Å². The zero-order valence-corrected chi connectivity index (χ0v) is 26.6. The van der Waals surface area contributed by atoms with Crippen molar-refractivity contribution in [1.82, 2.24) is 34.1 Å². The van der Waals surface area contributed by atoms with Gasteiger partial charge < -0.3 is 25.6 Å². The molecular formula is C34H30F3N9O4. The molecule has 6 heterocycles. The Balaban J connectivity index is 1.15. The second-order valence-corrected chi connectivity index (χ2v) is 12.0. The maximum absolute atomic E-state index is 13.4. The number of fused-ring (bicyclic) bond motifs is 2. The lowest BCUT2D eigenvalue weighted by atomic mass is 9.90. The minimum atomic E-state index is -4.60. The molecule has 16 heteroatoms. The van der Waals surface area contributed by atoms with E-state index in [2.05, 4.69) is 20.3 Å². The summed E-state index contributed by atoms with van der Waals surface area (Å²) in [5.74, 6) is -0.353. The van der Waals surface area contributed by atoms with E-state index in [1.165, 1.54) is 19.2 Å². The predicted octanol–water partition coefficient (Wildman–Crippen LogP) is 4.28. The minimum Gasteiger partial charge on any atom is -0.496 e. The number of nitrogen functional groups attached to an aromatic ring is 1. The van der Waals surface area contributed by atoms with Crippen molar-refractivity contribution in [3.63, 3.8) is 0 Å². The summed E-state index contributed by atoms with van der Waals surface area (Å²) in [5.41, 5.74) is 7.48. The summed E-state index contributed by atoms with van der Waals surface area (Å²) in [6.45, 7) is 0.780. The van der Waals surface area contributed by atoms with Crippen LogP contribution in [0.25, 0.3) is 16.8 Å². The second kappa shape index (κ2) is 12.8. The number of aromatic nitrogens is 5. The number of hydrogen-bond acceptors (Lipinski definition) is 9. The van der Waals surface area contributed by atoms with Gasteiger partial charge in [0.15, 0.2) is 0 Å². The van der Waals surface area contributed by atoms with E-state index in [-0.39, 0.29) is 53.3 Å². The van der Waals surface area contributed by atoms with Crippen molar-refractivity contribution in [2.45, 2.75) is 31.0 Å². The summed E-state index contributed by atoms with van der Waals surface area (Å²) < 4.78 is 47.0. The van der Waals surface area contributed by atoms with E-state index in [9.17, 15) is 27.6 Å². The molecule has 0 radical (unpaired) electrons. The number of nitrogens with zero attached hydrogens (tertiary/aromatic N) is 7. The van der Waals surface area contributed by atoms with Gasteiger partial charge in [0.2, 0.25) is 5.91 Å². The van der Waals surface area contributed by atoms with Gasteiger partial charge in [0.25, 0.3) is 11.8 Å². The van der Waals surface area contributed by atoms with E-state index in [4.69, 9.17) is 15.5 Å². The molecule has 0 spiro atoms. The van der Waals surface area contributed by atoms with Crippen LogP contribution in [0.1, 0.15) is 50.9 Å². The molecule has 5 aromatic rings. The van der Waals surface area contributed by atoms with Crippen LogP contribution in [0.4, 0.5) is 24.8 Å². The van der Waals surface area contributed by atoms with Crippen molar-refractivity contribution in [2.24, 2.45) is 0 Å². The third kappa shape index (κ3) is 6.03. The summed E-state index contributed by atoms with van der Waals surface area (Å²) in [6, 6.07) is 9.25. The van der Waals surface area contributed by atoms with Crippen LogP contribution in [-0.2, 0) is 11.0 Å². The standard InChI is InChI=1S/C34H30F3N9O4/c1-50-25-14-20(32(48)42-26-15-22(8-11-40-26)34(35,36)37)3-5-24(25)28-29-30(38)41-12-13-45(29)31(43-28)21-2-4-23-17-44(18-27(47)46(23)16-21)33(49)19-6-9-39-10-7-19/h3,5-15,21,23H,2,4,16-18H2,1H3,(H2,38,41)(H,40,42,48). The molecule has 2 fully saturated rings. The average Bonchev–Trinajstić information content (AvgIpc) is 3.51. The Morgan fingerprint density at radius 3 is 2.54 bits per heavy atom. The molecular weight excluding hydrogens is 655 g/mol. The van der Waals surface area contributed by atoms with E-state index in [0.29, 0.717) is 54.1 Å². The predicted molar refractivity (Wildman–Crippen MR) is 174 cm³/mol. The maximum atomic E-state index is 13.4. The number of carbonyl (C=O) groups excluding carboxylic acids is 3. The fourth-order valence-corrected chi connectivity index (χ4v) is 6.59. The average molecular weight is 686 g/mol. The first-order valence-corrected chi connectivity index (χ1v) is 15.7. The molecule has 0 bridgehead atoms. The normalized spacial score (nSPS) is 17.8. The molecule has 50 heavy (non-hydrogen) atoms. The van der Waals surface area contributed by atoms with Gasteiger partial charge in [-0.05, 0) is 55.3 Å². The SMILES string of the molecule is COc1cc(C(=O)Nc2cc(C(F)(F)F)ccn2)ccc1-c1nc(C2CCC3CN(C(=O)c4ccncc4)CC(=O)N3C2)n2ccnc(N)c12. The number of nitrogens with one attached hydrogen (secondary N) is 1. The van der Waals surface area contributed by atoms with Crippen molar-refractivity contribution >= 4 is 34.9 Å². The zero-order chi connectivity index (χ0) is 35.2. The Hall–Kier alpha value is -6.06. The molecule has 2 aliphatic rings. The Morgan fingerprint density at radius 2 is 1.78 bits per heavy atom. The maximum Gasteiger partial charge on any atom is 0.416 e. The van der Waals surface area contributed by atoms with Crippen molar-refractivity contribution < 1.29 is 32.3 Å². The number of halogens is 3. The van der Waals surface area contributed by atoms with Gasteiger partial charge in [0.05, 0.1) is 12.7 Å². The smallest absolute Gasteiger partial charge is 0.416 e. The first-order chi connectivity index (χ1) is 24.0. The van der Waals surface area contributed by atoms with E-state index in [1.54, 1.807) is 47.9 Å². The number of methoxy groups -OCH3 is 1. The van der Waals surface area contributed by atoms with E-state index in [0.717, 1.165) is 18.3 Å². The van der Waals surface area contributed by atoms with Gasteiger partial charge in [0.1, 0.15) is 41.0 Å². The number of imidazole rings is 1. The Morgan fingerprint density at radius 1 is 0.980 bits per heavy atom. The molecule has 256 valence electrons. The topological polar surface area (TPSA) is 161 Å². The molecule has 13 nitrogen and oxygen atoms in total. The molecule has 1 aromatic carbocycles. The Kier molecular flexibility index (Phi) is 8.29. The zero-order valence-electron chi connectivity index (χ0n) is 26.6. The lowest BCUT2D eigenvalue weighted by Gasteiger charge is -2.45. The molecule has 2 saturated heterocycles. The summed E-state index contributed by atoms with van der Waals surface area (Å²) in [4.78, 5) is 60.0. The number of rotatable bonds is 6. The first kappa shape index (κ1) is 32.5. The van der Waals surface area contributed by atoms with Crippen molar-refractivity contribution in [3.05, 3.63) is 96.0 Å². The number of hydrogen-bond donors (Lipinski definition) is 2. The summed E-state index contributed by atoms with van der Waals surface area (Å²) in [6.07, 6.45) is 4.10. The fourth-order valence-electron chi connectivity index (χ4n) is 6.59. The van der Waals surface area contributed by atoms with Crippen LogP contribution in [0.15, 0.2) is 73.4 Å². The van der Waals surface area contributed by atoms with Crippen molar-refractivity contribution in [2.75, 3.05) is 37.8 Å². The van der Waals surface area contributed by atoms with Crippen LogP contribution < -0.4 is 15.8 Å². The highest BCUT2D eigenvalue weighted by atomic mass is 19.4. The lowest BCUT2D eigenvalue weighted by molar-refractivity contribution is -0.141. The second-order valence-electron chi connectivity index (χ2n) is 12.0. The molecule has 0 aliphatic carbocycles. The van der Waals surface area contributed by atoms with Crippen LogP contribution >= 0.6 is 0 Å². The number of anilines is 2. The van der Waals surface area contributed by atoms with Gasteiger partial charge in [0, 0.05) is 72.7 Å². The Labute approximate surface area is 282 Å². The third-order valence-corrected chi connectivity index (χ3v) is 9.02. The molecule has 2 unspecified atom stereocenters. The monoisotopic (exact) mass is 685 g/mol. The quantitative estimate of drug-likeness (QED) is 0.266. The van der Waals surface area contributed by atoms with Gasteiger partial charge in [-0.1, -0.05) is 0 Å². The van der Waals surface area contributed by atoms with E-state index in [1.807, 2.05) is 9.30 Å².